The number of hydrogen-bond donors (Lipinski definition) is 1. The van der Waals surface area contributed by atoms with Crippen LogP contribution in [0.25, 0.3) is 0 Å². The van der Waals surface area contributed by atoms with Gasteiger partial charge in [-0.2, -0.15) is 0 Å². The molecule has 0 bridgehead atoms. The minimum atomic E-state index is -0.489. The minimum absolute atomic E-state index is 0.373. The molecule has 0 spiro atoms. The summed E-state index contributed by atoms with van der Waals surface area (Å²) in [5, 5.41) is 2.56. The summed E-state index contributed by atoms with van der Waals surface area (Å²) in [6.07, 6.45) is 8.15. The number of ether oxygens (including phenoxy) is 1. The zero-order valence-electron chi connectivity index (χ0n) is 10.8. The van der Waals surface area contributed by atoms with E-state index < -0.39 is 6.09 Å². The Kier molecular flexibility index (Phi) is 9.00. The summed E-state index contributed by atoms with van der Waals surface area (Å²) in [4.78, 5) is 11.5. The number of hydrogen-bond acceptors (Lipinski definition) is 2. The molecule has 0 aliphatic heterocycles. The fourth-order valence-corrected chi connectivity index (χ4v) is 1.35. The molecule has 1 amide bonds. The van der Waals surface area contributed by atoms with Crippen molar-refractivity contribution in [1.29, 1.82) is 0 Å². The van der Waals surface area contributed by atoms with Gasteiger partial charge in [-0.15, -0.1) is 26.3 Å². The molecule has 98 valence electrons. The van der Waals surface area contributed by atoms with Crippen LogP contribution in [0.1, 0.15) is 19.3 Å². The standard InChI is InChI=1S/C15H21NO2/c1-5-9-13(10-6-2)14(11-7-3)18-15(17)16-12-8-4/h5-8H,1-4,9-12H2,(H,16,17). The molecule has 1 N–H and O–H groups in total. The molecule has 0 rings (SSSR count). The summed E-state index contributed by atoms with van der Waals surface area (Å²) < 4.78 is 5.28. The van der Waals surface area contributed by atoms with E-state index in [4.69, 9.17) is 4.74 Å². The first-order chi connectivity index (χ1) is 8.69. The van der Waals surface area contributed by atoms with Gasteiger partial charge >= 0.3 is 6.09 Å². The van der Waals surface area contributed by atoms with Gasteiger partial charge in [0.1, 0.15) is 5.76 Å². The van der Waals surface area contributed by atoms with E-state index >= 15 is 0 Å². The lowest BCUT2D eigenvalue weighted by molar-refractivity contribution is 0.174. The first kappa shape index (κ1) is 16.0. The van der Waals surface area contributed by atoms with E-state index in [1.807, 2.05) is 0 Å². The molecule has 18 heavy (non-hydrogen) atoms. The molecule has 0 aromatic heterocycles. The number of carbonyl (C=O) groups is 1. The minimum Gasteiger partial charge on any atom is -0.415 e. The van der Waals surface area contributed by atoms with E-state index in [1.54, 1.807) is 24.3 Å². The van der Waals surface area contributed by atoms with Gasteiger partial charge in [0, 0.05) is 13.0 Å². The number of carbonyl (C=O) groups excluding carboxylic acids is 1. The van der Waals surface area contributed by atoms with E-state index in [2.05, 4.69) is 31.6 Å². The highest BCUT2D eigenvalue weighted by atomic mass is 16.6. The van der Waals surface area contributed by atoms with Gasteiger partial charge in [-0.3, -0.25) is 0 Å². The molecule has 3 nitrogen and oxygen atoms in total. The summed E-state index contributed by atoms with van der Waals surface area (Å²) in [6, 6.07) is 0. The maximum atomic E-state index is 11.5. The number of nitrogens with one attached hydrogen (secondary N) is 1. The monoisotopic (exact) mass is 247 g/mol. The van der Waals surface area contributed by atoms with Gasteiger partial charge < -0.3 is 10.1 Å². The lowest BCUT2D eigenvalue weighted by Crippen LogP contribution is -2.24. The van der Waals surface area contributed by atoms with Crippen LogP contribution >= 0.6 is 0 Å². The predicted octanol–water partition coefficient (Wildman–Crippen LogP) is 3.88. The van der Waals surface area contributed by atoms with Crippen molar-refractivity contribution in [3.05, 3.63) is 62.0 Å². The largest absolute Gasteiger partial charge is 0.415 e. The van der Waals surface area contributed by atoms with Crippen LogP contribution in [0.2, 0.25) is 0 Å². The van der Waals surface area contributed by atoms with Crippen molar-refractivity contribution in [2.75, 3.05) is 6.54 Å². The number of alkyl carbamates (subject to hydrolysis) is 1. The van der Waals surface area contributed by atoms with Gasteiger partial charge in [-0.25, -0.2) is 4.79 Å². The van der Waals surface area contributed by atoms with Crippen LogP contribution in [0.5, 0.6) is 0 Å². The maximum absolute atomic E-state index is 11.5. The average Bonchev–Trinajstić information content (AvgIpc) is 2.35. The van der Waals surface area contributed by atoms with Crippen molar-refractivity contribution in [3.63, 3.8) is 0 Å². The molecule has 0 aliphatic carbocycles. The van der Waals surface area contributed by atoms with Crippen molar-refractivity contribution in [2.45, 2.75) is 19.3 Å². The Balaban J connectivity index is 4.86. The van der Waals surface area contributed by atoms with Crippen molar-refractivity contribution < 1.29 is 9.53 Å². The fourth-order valence-electron chi connectivity index (χ4n) is 1.35. The molecule has 0 aliphatic rings. The highest BCUT2D eigenvalue weighted by Crippen LogP contribution is 2.19. The fraction of sp³-hybridized carbons (Fsp3) is 0.267. The first-order valence-electron chi connectivity index (χ1n) is 5.79. The highest BCUT2D eigenvalue weighted by molar-refractivity contribution is 5.68. The Labute approximate surface area is 109 Å². The third-order valence-electron chi connectivity index (χ3n) is 2.11. The molecule has 0 aromatic carbocycles. The molecule has 0 aromatic rings. The van der Waals surface area contributed by atoms with Gasteiger partial charge in [-0.1, -0.05) is 24.3 Å². The van der Waals surface area contributed by atoms with Crippen LogP contribution in [0.4, 0.5) is 4.79 Å². The summed E-state index contributed by atoms with van der Waals surface area (Å²) >= 11 is 0. The smallest absolute Gasteiger partial charge is 0.412 e. The summed E-state index contributed by atoms with van der Waals surface area (Å²) in [7, 11) is 0. The molecular weight excluding hydrogens is 226 g/mol. The van der Waals surface area contributed by atoms with Crippen LogP contribution in [-0.2, 0) is 4.74 Å². The Morgan fingerprint density at radius 3 is 1.94 bits per heavy atom. The van der Waals surface area contributed by atoms with Crippen LogP contribution in [0.15, 0.2) is 62.0 Å². The summed E-state index contributed by atoms with van der Waals surface area (Å²) in [5.74, 6) is 0.603. The molecule has 0 unspecified atom stereocenters. The van der Waals surface area contributed by atoms with E-state index in [1.165, 1.54) is 0 Å². The Hall–Kier alpha value is -2.03. The maximum Gasteiger partial charge on any atom is 0.412 e. The number of amides is 1. The quantitative estimate of drug-likeness (QED) is 0.496. The van der Waals surface area contributed by atoms with Gasteiger partial charge in [0.15, 0.2) is 0 Å². The molecular formula is C15H21NO2. The molecule has 0 fully saturated rings. The van der Waals surface area contributed by atoms with Crippen LogP contribution < -0.4 is 5.32 Å². The van der Waals surface area contributed by atoms with E-state index in [0.717, 1.165) is 5.57 Å². The predicted molar refractivity (Wildman–Crippen MR) is 76.1 cm³/mol. The van der Waals surface area contributed by atoms with Gasteiger partial charge in [0.2, 0.25) is 0 Å². The molecule has 0 saturated heterocycles. The van der Waals surface area contributed by atoms with Gasteiger partial charge in [0.25, 0.3) is 0 Å². The second kappa shape index (κ2) is 10.1. The third kappa shape index (κ3) is 6.53. The van der Waals surface area contributed by atoms with Crippen LogP contribution in [-0.4, -0.2) is 12.6 Å². The zero-order chi connectivity index (χ0) is 13.8. The molecule has 0 radical (unpaired) electrons. The summed E-state index contributed by atoms with van der Waals surface area (Å²) in [5.41, 5.74) is 0.980. The number of rotatable bonds is 9. The van der Waals surface area contributed by atoms with Crippen LogP contribution in [0, 0.1) is 0 Å². The molecule has 0 saturated carbocycles. The van der Waals surface area contributed by atoms with Crippen molar-refractivity contribution in [1.82, 2.24) is 5.32 Å². The van der Waals surface area contributed by atoms with Crippen molar-refractivity contribution in [2.24, 2.45) is 0 Å². The molecule has 3 heteroatoms. The third-order valence-corrected chi connectivity index (χ3v) is 2.11. The Morgan fingerprint density at radius 2 is 1.50 bits per heavy atom. The van der Waals surface area contributed by atoms with Gasteiger partial charge in [-0.05, 0) is 18.4 Å². The summed E-state index contributed by atoms with van der Waals surface area (Å²) in [6.45, 7) is 14.9. The highest BCUT2D eigenvalue weighted by Gasteiger charge is 2.09. The van der Waals surface area contributed by atoms with Gasteiger partial charge in [0.05, 0.1) is 0 Å². The van der Waals surface area contributed by atoms with E-state index in [9.17, 15) is 4.79 Å². The SMILES string of the molecule is C=CCNC(=O)OC(CC=C)=C(CC=C)CC=C. The van der Waals surface area contributed by atoms with E-state index in [0.29, 0.717) is 31.6 Å². The number of allylic oxidation sites excluding steroid dienone is 4. The average molecular weight is 247 g/mol. The lowest BCUT2D eigenvalue weighted by atomic mass is 10.1. The topological polar surface area (TPSA) is 38.3 Å². The van der Waals surface area contributed by atoms with Crippen molar-refractivity contribution in [3.8, 4) is 0 Å². The lowest BCUT2D eigenvalue weighted by Gasteiger charge is -2.12. The van der Waals surface area contributed by atoms with Crippen LogP contribution in [0.3, 0.4) is 0 Å². The molecule has 0 heterocycles. The Bertz CT molecular complexity index is 342. The second-order valence-corrected chi connectivity index (χ2v) is 3.56. The second-order valence-electron chi connectivity index (χ2n) is 3.56. The van der Waals surface area contributed by atoms with E-state index in [-0.39, 0.29) is 0 Å². The Morgan fingerprint density at radius 1 is 0.944 bits per heavy atom. The first-order valence-corrected chi connectivity index (χ1v) is 5.79. The zero-order valence-corrected chi connectivity index (χ0v) is 10.8. The van der Waals surface area contributed by atoms with Crippen molar-refractivity contribution >= 4 is 6.09 Å². The normalized spacial score (nSPS) is 8.89. The molecule has 0 atom stereocenters.